The van der Waals surface area contributed by atoms with E-state index in [4.69, 9.17) is 5.11 Å². The fraction of sp³-hybridized carbons (Fsp3) is 0.444. The van der Waals surface area contributed by atoms with Gasteiger partial charge in [0.15, 0.2) is 5.82 Å². The Morgan fingerprint density at radius 3 is 2.72 bits per heavy atom. The van der Waals surface area contributed by atoms with Crippen LogP contribution in [0.5, 0.6) is 0 Å². The number of urea groups is 1. The lowest BCUT2D eigenvalue weighted by Gasteiger charge is -2.04. The Bertz CT molecular complexity index is 417. The van der Waals surface area contributed by atoms with E-state index in [9.17, 15) is 14.4 Å². The van der Waals surface area contributed by atoms with E-state index in [-0.39, 0.29) is 31.6 Å². The minimum absolute atomic E-state index is 0.0259. The molecule has 0 saturated heterocycles. The molecule has 0 unspecified atom stereocenters. The number of hydrogen-bond acceptors (Lipinski definition) is 6. The van der Waals surface area contributed by atoms with Gasteiger partial charge in [-0.3, -0.25) is 14.9 Å². The van der Waals surface area contributed by atoms with Crippen molar-refractivity contribution in [2.75, 3.05) is 0 Å². The average Bonchev–Trinajstić information content (AvgIpc) is 2.78. The first kappa shape index (κ1) is 13.6. The van der Waals surface area contributed by atoms with Gasteiger partial charge in [0, 0.05) is 12.8 Å². The van der Waals surface area contributed by atoms with Crippen LogP contribution in [0, 0.1) is 0 Å². The van der Waals surface area contributed by atoms with Gasteiger partial charge in [0.25, 0.3) is 0 Å². The van der Waals surface area contributed by atoms with Gasteiger partial charge in [-0.25, -0.2) is 4.79 Å². The number of rotatable bonds is 6. The van der Waals surface area contributed by atoms with Crippen LogP contribution in [0.3, 0.4) is 0 Å². The summed E-state index contributed by atoms with van der Waals surface area (Å²) in [5, 5.41) is 16.2. The summed E-state index contributed by atoms with van der Waals surface area (Å²) in [7, 11) is 0. The van der Waals surface area contributed by atoms with Crippen molar-refractivity contribution in [3.05, 3.63) is 12.2 Å². The minimum Gasteiger partial charge on any atom is -0.481 e. The number of aliphatic carboxylic acids is 1. The molecule has 1 heterocycles. The van der Waals surface area contributed by atoms with E-state index in [0.29, 0.717) is 0 Å². The highest BCUT2D eigenvalue weighted by Crippen LogP contribution is 1.94. The summed E-state index contributed by atoms with van der Waals surface area (Å²) in [5.74, 6) is -1.24. The van der Waals surface area contributed by atoms with Crippen LogP contribution in [0.4, 0.5) is 4.79 Å². The largest absolute Gasteiger partial charge is 0.481 e. The van der Waals surface area contributed by atoms with Gasteiger partial charge in [-0.1, -0.05) is 5.16 Å². The number of aromatic nitrogens is 2. The second-order valence-corrected chi connectivity index (χ2v) is 3.33. The quantitative estimate of drug-likeness (QED) is 0.633. The van der Waals surface area contributed by atoms with Crippen LogP contribution < -0.4 is 10.6 Å². The highest BCUT2D eigenvalue weighted by atomic mass is 16.5. The predicted octanol–water partition coefficient (Wildman–Crippen LogP) is -0.350. The van der Waals surface area contributed by atoms with E-state index in [0.717, 1.165) is 6.39 Å². The predicted molar refractivity (Wildman–Crippen MR) is 56.2 cm³/mol. The summed E-state index contributed by atoms with van der Waals surface area (Å²) < 4.78 is 4.45. The molecular formula is C9H12N4O5. The standard InChI is InChI=1S/C9H12N4O5/c14-7(2-1-3-8(15)16)12-9(17)10-4-6-11-5-18-13-6/h5H,1-4H2,(H,15,16)(H2,10,12,14,17). The number of carbonyl (C=O) groups excluding carboxylic acids is 2. The second-order valence-electron chi connectivity index (χ2n) is 3.33. The maximum absolute atomic E-state index is 11.2. The molecular weight excluding hydrogens is 244 g/mol. The van der Waals surface area contributed by atoms with Crippen molar-refractivity contribution in [2.45, 2.75) is 25.8 Å². The summed E-state index contributed by atoms with van der Waals surface area (Å²) in [6.45, 7) is 0.0325. The van der Waals surface area contributed by atoms with Crippen LogP contribution in [-0.4, -0.2) is 33.2 Å². The van der Waals surface area contributed by atoms with Crippen molar-refractivity contribution < 1.29 is 24.0 Å². The van der Waals surface area contributed by atoms with Crippen LogP contribution in [0.2, 0.25) is 0 Å². The maximum atomic E-state index is 11.2. The van der Waals surface area contributed by atoms with Gasteiger partial charge in [0.05, 0.1) is 6.54 Å². The van der Waals surface area contributed by atoms with Crippen LogP contribution in [0.25, 0.3) is 0 Å². The SMILES string of the molecule is O=C(O)CCCC(=O)NC(=O)NCc1ncon1. The zero-order valence-electron chi connectivity index (χ0n) is 9.38. The Hall–Kier alpha value is -2.45. The highest BCUT2D eigenvalue weighted by Gasteiger charge is 2.09. The number of hydrogen-bond donors (Lipinski definition) is 3. The molecule has 0 fully saturated rings. The van der Waals surface area contributed by atoms with Crippen LogP contribution in [0.1, 0.15) is 25.1 Å². The molecule has 0 aliphatic heterocycles. The molecule has 9 nitrogen and oxygen atoms in total. The summed E-state index contributed by atoms with van der Waals surface area (Å²) >= 11 is 0. The number of carbonyl (C=O) groups is 3. The molecule has 3 amide bonds. The molecule has 1 aromatic rings. The third-order valence-electron chi connectivity index (χ3n) is 1.86. The fourth-order valence-electron chi connectivity index (χ4n) is 1.06. The molecule has 18 heavy (non-hydrogen) atoms. The molecule has 3 N–H and O–H groups in total. The maximum Gasteiger partial charge on any atom is 0.321 e. The van der Waals surface area contributed by atoms with Gasteiger partial charge < -0.3 is 14.9 Å². The molecule has 9 heteroatoms. The number of carboxylic acids is 1. The highest BCUT2D eigenvalue weighted by molar-refractivity contribution is 5.94. The van der Waals surface area contributed by atoms with Crippen molar-refractivity contribution in [3.63, 3.8) is 0 Å². The smallest absolute Gasteiger partial charge is 0.321 e. The molecule has 1 aromatic heterocycles. The summed E-state index contributed by atoms with van der Waals surface area (Å²) in [6, 6.07) is -0.694. The minimum atomic E-state index is -0.982. The Morgan fingerprint density at radius 2 is 2.11 bits per heavy atom. The van der Waals surface area contributed by atoms with Crippen molar-refractivity contribution >= 4 is 17.9 Å². The molecule has 0 bridgehead atoms. The van der Waals surface area contributed by atoms with Gasteiger partial charge in [0.1, 0.15) is 0 Å². The first-order valence-corrected chi connectivity index (χ1v) is 5.12. The lowest BCUT2D eigenvalue weighted by molar-refractivity contribution is -0.137. The van der Waals surface area contributed by atoms with Gasteiger partial charge >= 0.3 is 12.0 Å². The molecule has 0 aromatic carbocycles. The lowest BCUT2D eigenvalue weighted by atomic mass is 10.2. The van der Waals surface area contributed by atoms with E-state index < -0.39 is 17.9 Å². The zero-order valence-corrected chi connectivity index (χ0v) is 9.38. The summed E-state index contributed by atoms with van der Waals surface area (Å²) in [5.41, 5.74) is 0. The number of imide groups is 1. The van der Waals surface area contributed by atoms with E-state index in [2.05, 4.69) is 20.0 Å². The van der Waals surface area contributed by atoms with E-state index >= 15 is 0 Å². The average molecular weight is 256 g/mol. The molecule has 0 radical (unpaired) electrons. The Morgan fingerprint density at radius 1 is 1.33 bits per heavy atom. The zero-order chi connectivity index (χ0) is 13.4. The number of amides is 3. The normalized spacial score (nSPS) is 9.78. The van der Waals surface area contributed by atoms with Crippen molar-refractivity contribution in [2.24, 2.45) is 0 Å². The molecule has 0 aliphatic carbocycles. The molecule has 0 saturated carbocycles. The van der Waals surface area contributed by atoms with Crippen LogP contribution in [-0.2, 0) is 16.1 Å². The number of nitrogens with one attached hydrogen (secondary N) is 2. The van der Waals surface area contributed by atoms with Gasteiger partial charge in [-0.2, -0.15) is 4.98 Å². The Labute approximate surface area is 102 Å². The van der Waals surface area contributed by atoms with Crippen molar-refractivity contribution in [3.8, 4) is 0 Å². The second kappa shape index (κ2) is 6.99. The third-order valence-corrected chi connectivity index (χ3v) is 1.86. The molecule has 0 spiro atoms. The molecule has 1 rings (SSSR count). The third kappa shape index (κ3) is 5.58. The van der Waals surface area contributed by atoms with Crippen molar-refractivity contribution in [1.29, 1.82) is 0 Å². The van der Waals surface area contributed by atoms with E-state index in [1.807, 2.05) is 5.32 Å². The number of carboxylic acid groups (broad SMARTS) is 1. The molecule has 98 valence electrons. The van der Waals surface area contributed by atoms with Gasteiger partial charge in [0.2, 0.25) is 12.3 Å². The van der Waals surface area contributed by atoms with Gasteiger partial charge in [-0.15, -0.1) is 0 Å². The monoisotopic (exact) mass is 256 g/mol. The summed E-state index contributed by atoms with van der Waals surface area (Å²) in [6.07, 6.45) is 1.16. The topological polar surface area (TPSA) is 134 Å². The lowest BCUT2D eigenvalue weighted by Crippen LogP contribution is -2.39. The first-order valence-electron chi connectivity index (χ1n) is 5.12. The van der Waals surface area contributed by atoms with E-state index in [1.54, 1.807) is 0 Å². The van der Waals surface area contributed by atoms with Crippen molar-refractivity contribution in [1.82, 2.24) is 20.8 Å². The first-order chi connectivity index (χ1) is 8.58. The number of nitrogens with zero attached hydrogens (tertiary/aromatic N) is 2. The van der Waals surface area contributed by atoms with Gasteiger partial charge in [-0.05, 0) is 6.42 Å². The van der Waals surface area contributed by atoms with Crippen LogP contribution >= 0.6 is 0 Å². The van der Waals surface area contributed by atoms with E-state index in [1.165, 1.54) is 0 Å². The fourth-order valence-corrected chi connectivity index (χ4v) is 1.06. The Balaban J connectivity index is 2.15. The summed E-state index contributed by atoms with van der Waals surface area (Å²) in [4.78, 5) is 36.3. The Kier molecular flexibility index (Phi) is 5.29. The van der Waals surface area contributed by atoms with Crippen LogP contribution in [0.15, 0.2) is 10.9 Å². The molecule has 0 aliphatic rings. The molecule has 0 atom stereocenters.